The van der Waals surface area contributed by atoms with E-state index in [1.165, 1.54) is 6.42 Å². The second-order valence-corrected chi connectivity index (χ2v) is 7.29. The fourth-order valence-electron chi connectivity index (χ4n) is 3.91. The first-order chi connectivity index (χ1) is 11.1. The molecular weight excluding hydrogens is 347 g/mol. The van der Waals surface area contributed by atoms with Gasteiger partial charge in [-0.25, -0.2) is 0 Å². The van der Waals surface area contributed by atoms with Gasteiger partial charge in [0.15, 0.2) is 0 Å². The van der Waals surface area contributed by atoms with Gasteiger partial charge in [0.05, 0.1) is 11.5 Å². The average Bonchev–Trinajstić information content (AvgIpc) is 2.98. The van der Waals surface area contributed by atoms with Crippen molar-refractivity contribution in [1.82, 2.24) is 10.6 Å². The molecule has 1 saturated heterocycles. The predicted molar refractivity (Wildman–Crippen MR) is 98.8 cm³/mol. The van der Waals surface area contributed by atoms with Gasteiger partial charge in [0, 0.05) is 30.6 Å². The Kier molecular flexibility index (Phi) is 6.93. The van der Waals surface area contributed by atoms with E-state index in [0.717, 1.165) is 37.8 Å². The van der Waals surface area contributed by atoms with Crippen molar-refractivity contribution in [3.05, 3.63) is 34.9 Å². The maximum absolute atomic E-state index is 13.0. The molecule has 0 bridgehead atoms. The smallest absolute Gasteiger partial charge is 0.230 e. The third-order valence-corrected chi connectivity index (χ3v) is 5.58. The zero-order chi connectivity index (χ0) is 16.3. The summed E-state index contributed by atoms with van der Waals surface area (Å²) in [5.74, 6) is 0.178. The molecule has 2 unspecified atom stereocenters. The highest BCUT2D eigenvalue weighted by Crippen LogP contribution is 2.40. The lowest BCUT2D eigenvalue weighted by Crippen LogP contribution is -2.48. The van der Waals surface area contributed by atoms with E-state index in [1.807, 2.05) is 24.3 Å². The summed E-state index contributed by atoms with van der Waals surface area (Å²) < 4.78 is 0. The maximum atomic E-state index is 13.0. The van der Waals surface area contributed by atoms with Crippen LogP contribution in [0.5, 0.6) is 0 Å². The van der Waals surface area contributed by atoms with Crippen LogP contribution in [-0.2, 0) is 10.2 Å². The molecule has 1 saturated carbocycles. The molecule has 3 rings (SSSR count). The Bertz CT molecular complexity index is 562. The van der Waals surface area contributed by atoms with E-state index in [1.54, 1.807) is 0 Å². The third-order valence-electron chi connectivity index (χ3n) is 5.35. The van der Waals surface area contributed by atoms with Gasteiger partial charge in [0.2, 0.25) is 5.91 Å². The standard InChI is InChI=1S/C18H25ClN2O2.ClH/c19-15-6-4-5-14(9-15)18(7-2-1-3-8-18)17(23)21-11-13-10-20-12-16(13)22;/h4-6,9,13,16,20,22H,1-3,7-8,10-12H2,(H,21,23);1H. The summed E-state index contributed by atoms with van der Waals surface area (Å²) in [5, 5.41) is 16.8. The molecule has 1 aliphatic heterocycles. The first-order valence-electron chi connectivity index (χ1n) is 8.55. The second-order valence-electron chi connectivity index (χ2n) is 6.85. The van der Waals surface area contributed by atoms with E-state index in [2.05, 4.69) is 10.6 Å². The summed E-state index contributed by atoms with van der Waals surface area (Å²) in [6.45, 7) is 1.89. The third kappa shape index (κ3) is 4.05. The first kappa shape index (κ1) is 19.5. The molecule has 24 heavy (non-hydrogen) atoms. The van der Waals surface area contributed by atoms with E-state index >= 15 is 0 Å². The van der Waals surface area contributed by atoms with Gasteiger partial charge in [-0.05, 0) is 30.5 Å². The van der Waals surface area contributed by atoms with Gasteiger partial charge >= 0.3 is 0 Å². The summed E-state index contributed by atoms with van der Waals surface area (Å²) in [7, 11) is 0. The maximum Gasteiger partial charge on any atom is 0.230 e. The summed E-state index contributed by atoms with van der Waals surface area (Å²) in [5.41, 5.74) is 0.549. The Balaban J connectivity index is 0.00000208. The van der Waals surface area contributed by atoms with Crippen LogP contribution in [-0.4, -0.2) is 36.8 Å². The Morgan fingerprint density at radius 3 is 2.67 bits per heavy atom. The fraction of sp³-hybridized carbons (Fsp3) is 0.611. The van der Waals surface area contributed by atoms with Crippen LogP contribution in [0.3, 0.4) is 0 Å². The molecule has 6 heteroatoms. The molecule has 2 atom stereocenters. The minimum Gasteiger partial charge on any atom is -0.391 e. The van der Waals surface area contributed by atoms with Crippen LogP contribution in [0.1, 0.15) is 37.7 Å². The number of aliphatic hydroxyl groups is 1. The van der Waals surface area contributed by atoms with Gasteiger partial charge in [0.1, 0.15) is 0 Å². The fourth-order valence-corrected chi connectivity index (χ4v) is 4.10. The molecule has 1 aromatic carbocycles. The highest BCUT2D eigenvalue weighted by molar-refractivity contribution is 6.30. The lowest BCUT2D eigenvalue weighted by atomic mass is 9.68. The number of halogens is 2. The lowest BCUT2D eigenvalue weighted by Gasteiger charge is -2.37. The Hall–Kier alpha value is -0.810. The molecule has 1 aliphatic carbocycles. The van der Waals surface area contributed by atoms with E-state index in [4.69, 9.17) is 11.6 Å². The summed E-state index contributed by atoms with van der Waals surface area (Å²) in [4.78, 5) is 13.0. The largest absolute Gasteiger partial charge is 0.391 e. The number of hydrogen-bond donors (Lipinski definition) is 3. The van der Waals surface area contributed by atoms with Crippen molar-refractivity contribution < 1.29 is 9.90 Å². The Morgan fingerprint density at radius 1 is 1.29 bits per heavy atom. The highest BCUT2D eigenvalue weighted by Gasteiger charge is 2.41. The van der Waals surface area contributed by atoms with Gasteiger partial charge < -0.3 is 15.7 Å². The van der Waals surface area contributed by atoms with Crippen molar-refractivity contribution in [2.75, 3.05) is 19.6 Å². The van der Waals surface area contributed by atoms with Crippen LogP contribution in [0.4, 0.5) is 0 Å². The van der Waals surface area contributed by atoms with Gasteiger partial charge in [-0.3, -0.25) is 4.79 Å². The van der Waals surface area contributed by atoms with E-state index in [0.29, 0.717) is 18.1 Å². The van der Waals surface area contributed by atoms with Crippen molar-refractivity contribution in [2.24, 2.45) is 5.92 Å². The van der Waals surface area contributed by atoms with Gasteiger partial charge in [-0.1, -0.05) is 43.0 Å². The van der Waals surface area contributed by atoms with E-state index < -0.39 is 5.41 Å². The molecule has 1 amide bonds. The molecule has 134 valence electrons. The monoisotopic (exact) mass is 372 g/mol. The lowest BCUT2D eigenvalue weighted by molar-refractivity contribution is -0.128. The molecule has 1 aromatic rings. The predicted octanol–water partition coefficient (Wildman–Crippen LogP) is 2.66. The first-order valence-corrected chi connectivity index (χ1v) is 8.93. The van der Waals surface area contributed by atoms with Gasteiger partial charge in [0.25, 0.3) is 0 Å². The van der Waals surface area contributed by atoms with Crippen molar-refractivity contribution in [1.29, 1.82) is 0 Å². The average molecular weight is 373 g/mol. The number of benzene rings is 1. The minimum absolute atomic E-state index is 0. The molecule has 0 radical (unpaired) electrons. The van der Waals surface area contributed by atoms with Crippen LogP contribution in [0, 0.1) is 5.92 Å². The molecule has 1 heterocycles. The van der Waals surface area contributed by atoms with Crippen LogP contribution in [0.2, 0.25) is 5.02 Å². The number of carbonyl (C=O) groups is 1. The Labute approximate surface area is 154 Å². The molecule has 0 spiro atoms. The van der Waals surface area contributed by atoms with Gasteiger partial charge in [-0.15, -0.1) is 12.4 Å². The minimum atomic E-state index is -0.472. The second kappa shape index (κ2) is 8.52. The van der Waals surface area contributed by atoms with Crippen LogP contribution >= 0.6 is 24.0 Å². The number of β-amino-alcohol motifs (C(OH)–C–C–N with tert-alkyl or cyclic N) is 1. The quantitative estimate of drug-likeness (QED) is 0.761. The normalized spacial score (nSPS) is 25.8. The zero-order valence-electron chi connectivity index (χ0n) is 13.8. The molecular formula is C18H26Cl2N2O2. The number of amides is 1. The highest BCUT2D eigenvalue weighted by atomic mass is 35.5. The summed E-state index contributed by atoms with van der Waals surface area (Å²) >= 11 is 6.16. The van der Waals surface area contributed by atoms with Crippen molar-refractivity contribution in [3.63, 3.8) is 0 Å². The van der Waals surface area contributed by atoms with E-state index in [-0.39, 0.29) is 30.3 Å². The zero-order valence-corrected chi connectivity index (χ0v) is 15.3. The SMILES string of the molecule is Cl.O=C(NCC1CNCC1O)C1(c2cccc(Cl)c2)CCCCC1. The molecule has 2 fully saturated rings. The summed E-state index contributed by atoms with van der Waals surface area (Å²) in [6, 6.07) is 7.72. The molecule has 0 aromatic heterocycles. The number of rotatable bonds is 4. The van der Waals surface area contributed by atoms with Crippen molar-refractivity contribution in [3.8, 4) is 0 Å². The van der Waals surface area contributed by atoms with Crippen molar-refractivity contribution in [2.45, 2.75) is 43.6 Å². The summed E-state index contributed by atoms with van der Waals surface area (Å²) in [6.07, 6.45) is 4.67. The van der Waals surface area contributed by atoms with Gasteiger partial charge in [-0.2, -0.15) is 0 Å². The number of hydrogen-bond acceptors (Lipinski definition) is 3. The number of carbonyl (C=O) groups excluding carboxylic acids is 1. The van der Waals surface area contributed by atoms with E-state index in [9.17, 15) is 9.90 Å². The molecule has 4 nitrogen and oxygen atoms in total. The number of aliphatic hydroxyl groups excluding tert-OH is 1. The molecule has 2 aliphatic rings. The number of nitrogens with one attached hydrogen (secondary N) is 2. The Morgan fingerprint density at radius 2 is 2.04 bits per heavy atom. The van der Waals surface area contributed by atoms with Crippen LogP contribution < -0.4 is 10.6 Å². The van der Waals surface area contributed by atoms with Crippen molar-refractivity contribution >= 4 is 29.9 Å². The van der Waals surface area contributed by atoms with Crippen LogP contribution in [0.25, 0.3) is 0 Å². The molecule has 3 N–H and O–H groups in total. The van der Waals surface area contributed by atoms with Crippen LogP contribution in [0.15, 0.2) is 24.3 Å². The topological polar surface area (TPSA) is 61.4 Å².